The van der Waals surface area contributed by atoms with Crippen molar-refractivity contribution in [2.75, 3.05) is 44.7 Å². The number of halogens is 2. The SMILES string of the molecule is CCN(CC)CCNC(=O)c1ccc(N2C=NC3=C(C2)C(=O)N(C)[NH+]([O-])C3Cc2ccc(F)c(F)c2)cc1. The Bertz CT molecular complexity index is 1250. The first-order valence-electron chi connectivity index (χ1n) is 12.6. The lowest BCUT2D eigenvalue weighted by Crippen LogP contribution is -3.19. The number of amides is 2. The van der Waals surface area contributed by atoms with Gasteiger partial charge in [-0.3, -0.25) is 14.8 Å². The van der Waals surface area contributed by atoms with Crippen molar-refractivity contribution in [1.82, 2.24) is 15.2 Å². The molecule has 0 saturated carbocycles. The first kappa shape index (κ1) is 27.4. The summed E-state index contributed by atoms with van der Waals surface area (Å²) in [6.07, 6.45) is 1.63. The monoisotopic (exact) mass is 526 g/mol. The zero-order valence-electron chi connectivity index (χ0n) is 21.7. The summed E-state index contributed by atoms with van der Waals surface area (Å²) in [5, 5.41) is 16.5. The van der Waals surface area contributed by atoms with Crippen molar-refractivity contribution in [1.29, 1.82) is 0 Å². The second-order valence-electron chi connectivity index (χ2n) is 9.27. The van der Waals surface area contributed by atoms with Gasteiger partial charge in [0.25, 0.3) is 11.8 Å². The van der Waals surface area contributed by atoms with Crippen LogP contribution in [0.15, 0.2) is 58.7 Å². The lowest BCUT2D eigenvalue weighted by Gasteiger charge is -2.43. The molecule has 0 radical (unpaired) electrons. The molecule has 2 aliphatic rings. The predicted octanol–water partition coefficient (Wildman–Crippen LogP) is 1.52. The minimum absolute atomic E-state index is 0.0852. The van der Waals surface area contributed by atoms with E-state index in [-0.39, 0.29) is 18.9 Å². The summed E-state index contributed by atoms with van der Waals surface area (Å²) in [6.45, 7) is 7.52. The summed E-state index contributed by atoms with van der Waals surface area (Å²) in [6, 6.07) is 9.67. The smallest absolute Gasteiger partial charge is 0.298 e. The van der Waals surface area contributed by atoms with Crippen LogP contribution in [0.2, 0.25) is 0 Å². The average molecular weight is 527 g/mol. The topological polar surface area (TPSA) is 95.8 Å². The average Bonchev–Trinajstić information content (AvgIpc) is 2.94. The van der Waals surface area contributed by atoms with Crippen LogP contribution in [-0.4, -0.2) is 73.9 Å². The number of rotatable bonds is 9. The van der Waals surface area contributed by atoms with Crippen LogP contribution >= 0.6 is 0 Å². The van der Waals surface area contributed by atoms with Gasteiger partial charge < -0.3 is 20.3 Å². The zero-order chi connectivity index (χ0) is 27.4. The lowest BCUT2D eigenvalue weighted by molar-refractivity contribution is -0.974. The molecule has 0 aliphatic carbocycles. The minimum atomic E-state index is -0.997. The number of nitrogens with zero attached hydrogens (tertiary/aromatic N) is 4. The first-order chi connectivity index (χ1) is 18.2. The number of quaternary nitrogens is 1. The highest BCUT2D eigenvalue weighted by Gasteiger charge is 2.40. The fraction of sp³-hybridized carbons (Fsp3) is 0.370. The Morgan fingerprint density at radius 3 is 2.53 bits per heavy atom. The van der Waals surface area contributed by atoms with Gasteiger partial charge in [0.1, 0.15) is 5.70 Å². The van der Waals surface area contributed by atoms with E-state index in [0.29, 0.717) is 28.9 Å². The number of benzene rings is 2. The maximum absolute atomic E-state index is 13.7. The van der Waals surface area contributed by atoms with Gasteiger partial charge in [-0.15, -0.1) is 0 Å². The van der Waals surface area contributed by atoms with Crippen LogP contribution in [0, 0.1) is 16.8 Å². The molecular weight excluding hydrogens is 494 g/mol. The van der Waals surface area contributed by atoms with Gasteiger partial charge >= 0.3 is 0 Å². The second kappa shape index (κ2) is 11.8. The van der Waals surface area contributed by atoms with E-state index in [4.69, 9.17) is 0 Å². The third-order valence-corrected chi connectivity index (χ3v) is 6.99. The molecule has 0 spiro atoms. The van der Waals surface area contributed by atoms with Crippen molar-refractivity contribution in [2.24, 2.45) is 4.99 Å². The number of carbonyl (C=O) groups is 2. The molecule has 2 atom stereocenters. The quantitative estimate of drug-likeness (QED) is 0.483. The lowest BCUT2D eigenvalue weighted by atomic mass is 9.96. The molecule has 0 bridgehead atoms. The Morgan fingerprint density at radius 2 is 1.87 bits per heavy atom. The molecule has 0 saturated heterocycles. The van der Waals surface area contributed by atoms with Gasteiger partial charge in [0.15, 0.2) is 17.7 Å². The maximum Gasteiger partial charge on any atom is 0.298 e. The van der Waals surface area contributed by atoms with Crippen LogP contribution in [0.3, 0.4) is 0 Å². The molecule has 4 rings (SSSR count). The molecule has 2 N–H and O–H groups in total. The molecule has 2 amide bonds. The summed E-state index contributed by atoms with van der Waals surface area (Å²) in [7, 11) is 1.41. The molecular formula is C27H32F2N6O3. The summed E-state index contributed by atoms with van der Waals surface area (Å²) < 4.78 is 27.1. The summed E-state index contributed by atoms with van der Waals surface area (Å²) in [4.78, 5) is 33.9. The van der Waals surface area contributed by atoms with Crippen LogP contribution in [-0.2, 0) is 11.2 Å². The Hall–Kier alpha value is -3.67. The van der Waals surface area contributed by atoms with Gasteiger partial charge in [-0.25, -0.2) is 13.8 Å². The van der Waals surface area contributed by atoms with Gasteiger partial charge in [0, 0.05) is 30.8 Å². The third-order valence-electron chi connectivity index (χ3n) is 6.99. The molecule has 0 fully saturated rings. The van der Waals surface area contributed by atoms with Gasteiger partial charge in [-0.05, 0) is 55.1 Å². The van der Waals surface area contributed by atoms with Gasteiger partial charge in [0.2, 0.25) is 0 Å². The number of carbonyl (C=O) groups excluding carboxylic acids is 2. The van der Waals surface area contributed by atoms with Crippen molar-refractivity contribution in [2.45, 2.75) is 26.3 Å². The largest absolute Gasteiger partial charge is 0.607 e. The summed E-state index contributed by atoms with van der Waals surface area (Å²) in [5.74, 6) is -2.57. The summed E-state index contributed by atoms with van der Waals surface area (Å²) in [5.41, 5.74) is 2.38. The predicted molar refractivity (Wildman–Crippen MR) is 140 cm³/mol. The Kier molecular flexibility index (Phi) is 8.50. The van der Waals surface area contributed by atoms with E-state index >= 15 is 0 Å². The second-order valence-corrected chi connectivity index (χ2v) is 9.27. The van der Waals surface area contributed by atoms with E-state index in [1.165, 1.54) is 13.1 Å². The number of hydrogen-bond donors (Lipinski definition) is 2. The van der Waals surface area contributed by atoms with Gasteiger partial charge in [0.05, 0.1) is 25.5 Å². The number of aliphatic imine (C=N–C) groups is 1. The van der Waals surface area contributed by atoms with Gasteiger partial charge in [-0.2, -0.15) is 5.01 Å². The molecule has 2 heterocycles. The Labute approximate surface area is 220 Å². The number of nitrogens with one attached hydrogen (secondary N) is 2. The molecule has 2 aliphatic heterocycles. The number of hydrogen-bond acceptors (Lipinski definition) is 6. The van der Waals surface area contributed by atoms with Crippen LogP contribution < -0.4 is 15.4 Å². The molecule has 2 unspecified atom stereocenters. The van der Waals surface area contributed by atoms with Crippen molar-refractivity contribution < 1.29 is 23.5 Å². The fourth-order valence-corrected chi connectivity index (χ4v) is 4.65. The molecule has 0 aromatic heterocycles. The standard InChI is InChI=1S/C27H32F2N6O3/c1-4-33(5-2)13-12-30-26(36)19-7-9-20(10-8-19)34-16-21-25(31-17-34)24(35(38)32(3)27(21)37)15-18-6-11-22(28)23(29)14-18/h6-11,14,17,24,35H,4-5,12-13,15-16H2,1-3H3,(H,30,36). The Morgan fingerprint density at radius 1 is 1.16 bits per heavy atom. The van der Waals surface area contributed by atoms with Crippen molar-refractivity contribution in [3.05, 3.63) is 81.7 Å². The van der Waals surface area contributed by atoms with Crippen LogP contribution in [0.4, 0.5) is 14.5 Å². The fourth-order valence-electron chi connectivity index (χ4n) is 4.65. The molecule has 2 aromatic rings. The van der Waals surface area contributed by atoms with E-state index in [1.807, 2.05) is 0 Å². The number of hydroxylamine groups is 1. The van der Waals surface area contributed by atoms with Crippen molar-refractivity contribution >= 4 is 23.8 Å². The maximum atomic E-state index is 13.7. The third kappa shape index (κ3) is 5.74. The van der Waals surface area contributed by atoms with E-state index in [1.54, 1.807) is 35.5 Å². The van der Waals surface area contributed by atoms with Crippen molar-refractivity contribution in [3.63, 3.8) is 0 Å². The van der Waals surface area contributed by atoms with E-state index in [9.17, 15) is 23.6 Å². The minimum Gasteiger partial charge on any atom is -0.607 e. The highest BCUT2D eigenvalue weighted by atomic mass is 19.2. The highest BCUT2D eigenvalue weighted by molar-refractivity contribution is 5.99. The van der Waals surface area contributed by atoms with Crippen LogP contribution in [0.1, 0.15) is 29.8 Å². The summed E-state index contributed by atoms with van der Waals surface area (Å²) >= 11 is 0. The van der Waals surface area contributed by atoms with Crippen LogP contribution in [0.5, 0.6) is 0 Å². The molecule has 2 aromatic carbocycles. The molecule has 202 valence electrons. The van der Waals surface area contributed by atoms with Crippen LogP contribution in [0.25, 0.3) is 0 Å². The molecule has 9 nitrogen and oxygen atoms in total. The zero-order valence-corrected chi connectivity index (χ0v) is 21.7. The van der Waals surface area contributed by atoms with E-state index in [2.05, 4.69) is 29.1 Å². The van der Waals surface area contributed by atoms with E-state index < -0.39 is 28.8 Å². The number of anilines is 1. The normalized spacial score (nSPS) is 19.3. The molecule has 11 heteroatoms. The first-order valence-corrected chi connectivity index (χ1v) is 12.6. The highest BCUT2D eigenvalue weighted by Crippen LogP contribution is 2.26. The Balaban J connectivity index is 1.47. The number of likely N-dealkylation sites (N-methyl/N-ethyl adjacent to an activating group) is 2. The van der Waals surface area contributed by atoms with Crippen molar-refractivity contribution in [3.8, 4) is 0 Å². The molecule has 38 heavy (non-hydrogen) atoms. The van der Waals surface area contributed by atoms with E-state index in [0.717, 1.165) is 42.5 Å². The van der Waals surface area contributed by atoms with Gasteiger partial charge in [-0.1, -0.05) is 19.9 Å².